The summed E-state index contributed by atoms with van der Waals surface area (Å²) >= 11 is 0. The van der Waals surface area contributed by atoms with Gasteiger partial charge in [0.2, 0.25) is 0 Å². The third-order valence-electron chi connectivity index (χ3n) is 5.69. The maximum atomic E-state index is 13.8. The summed E-state index contributed by atoms with van der Waals surface area (Å²) in [5.74, 6) is 0.234. The Balaban J connectivity index is 1.72. The van der Waals surface area contributed by atoms with Crippen LogP contribution in [0.4, 0.5) is 15.0 Å². The van der Waals surface area contributed by atoms with Crippen molar-refractivity contribution < 1.29 is 18.7 Å². The molecule has 0 radical (unpaired) electrons. The van der Waals surface area contributed by atoms with Crippen LogP contribution in [0.15, 0.2) is 36.8 Å². The number of halogens is 1. The fraction of sp³-hybridized carbons (Fsp3) is 0.417. The van der Waals surface area contributed by atoms with Crippen LogP contribution in [-0.2, 0) is 4.74 Å². The zero-order valence-electron chi connectivity index (χ0n) is 19.4. The molecule has 0 spiro atoms. The summed E-state index contributed by atoms with van der Waals surface area (Å²) in [6, 6.07) is 5.90. The van der Waals surface area contributed by atoms with Gasteiger partial charge in [-0.15, -0.1) is 0 Å². The number of hydrogen-bond donors (Lipinski definition) is 0. The van der Waals surface area contributed by atoms with E-state index in [0.717, 1.165) is 6.29 Å². The Morgan fingerprint density at radius 1 is 1.18 bits per heavy atom. The van der Waals surface area contributed by atoms with Crippen LogP contribution in [0.1, 0.15) is 45.0 Å². The number of piperazine rings is 1. The van der Waals surface area contributed by atoms with Crippen molar-refractivity contribution in [1.82, 2.24) is 19.4 Å². The van der Waals surface area contributed by atoms with Crippen molar-refractivity contribution in [3.8, 4) is 5.69 Å². The summed E-state index contributed by atoms with van der Waals surface area (Å²) in [5.41, 5.74) is 0.921. The maximum Gasteiger partial charge on any atom is 0.410 e. The largest absolute Gasteiger partial charge is 0.444 e. The van der Waals surface area contributed by atoms with Gasteiger partial charge in [-0.2, -0.15) is 0 Å². The van der Waals surface area contributed by atoms with Gasteiger partial charge in [0.1, 0.15) is 23.6 Å². The average Bonchev–Trinajstić information content (AvgIpc) is 3.13. The van der Waals surface area contributed by atoms with Crippen molar-refractivity contribution in [1.29, 1.82) is 0 Å². The second-order valence-electron chi connectivity index (χ2n) is 9.43. The number of carbonyl (C=O) groups is 2. The van der Waals surface area contributed by atoms with Gasteiger partial charge in [-0.3, -0.25) is 4.79 Å². The highest BCUT2D eigenvalue weighted by Crippen LogP contribution is 2.32. The van der Waals surface area contributed by atoms with Crippen LogP contribution in [0.5, 0.6) is 0 Å². The smallest absolute Gasteiger partial charge is 0.410 e. The quantitative estimate of drug-likeness (QED) is 0.553. The van der Waals surface area contributed by atoms with E-state index in [0.29, 0.717) is 41.2 Å². The molecule has 0 bridgehead atoms. The molecule has 2 atom stereocenters. The lowest BCUT2D eigenvalue weighted by Gasteiger charge is -2.44. The van der Waals surface area contributed by atoms with Crippen molar-refractivity contribution >= 4 is 29.2 Å². The van der Waals surface area contributed by atoms with Crippen LogP contribution in [-0.4, -0.2) is 62.6 Å². The van der Waals surface area contributed by atoms with E-state index in [1.807, 2.05) is 34.6 Å². The SMILES string of the molecule is C[C@@H]1CN(c2ncnc3c2c(C=O)cn3-c2cccc(F)c2)[C@@H](C)CN1C(=O)OC(C)(C)C. The van der Waals surface area contributed by atoms with E-state index in [-0.39, 0.29) is 24.0 Å². The molecule has 9 heteroatoms. The Morgan fingerprint density at radius 2 is 1.94 bits per heavy atom. The summed E-state index contributed by atoms with van der Waals surface area (Å²) in [6.45, 7) is 10.4. The van der Waals surface area contributed by atoms with Crippen LogP contribution in [0.3, 0.4) is 0 Å². The van der Waals surface area contributed by atoms with Gasteiger partial charge in [-0.25, -0.2) is 19.2 Å². The third kappa shape index (κ3) is 4.40. The molecule has 1 aliphatic rings. The molecular weight excluding hydrogens is 425 g/mol. The van der Waals surface area contributed by atoms with Gasteiger partial charge in [-0.1, -0.05) is 6.07 Å². The third-order valence-corrected chi connectivity index (χ3v) is 5.69. The summed E-state index contributed by atoms with van der Waals surface area (Å²) < 4.78 is 21.1. The van der Waals surface area contributed by atoms with Gasteiger partial charge in [0.25, 0.3) is 0 Å². The van der Waals surface area contributed by atoms with Gasteiger partial charge in [0.15, 0.2) is 11.9 Å². The standard InChI is InChI=1S/C24H28FN5O3/c1-15-11-29(23(32)33-24(3,4)5)16(2)10-28(15)21-20-17(13-31)12-30(22(20)27-14-26-21)19-8-6-7-18(25)9-19/h6-9,12-16H,10-11H2,1-5H3/t15-,16+/m0/s1. The molecule has 8 nitrogen and oxygen atoms in total. The van der Waals surface area contributed by atoms with Gasteiger partial charge >= 0.3 is 6.09 Å². The molecule has 0 saturated carbocycles. The molecule has 1 fully saturated rings. The minimum absolute atomic E-state index is 0.0798. The van der Waals surface area contributed by atoms with E-state index in [2.05, 4.69) is 14.9 Å². The number of amides is 1. The number of aromatic nitrogens is 3. The van der Waals surface area contributed by atoms with Crippen molar-refractivity contribution in [3.05, 3.63) is 48.2 Å². The number of carbonyl (C=O) groups excluding carboxylic acids is 2. The van der Waals surface area contributed by atoms with Crippen LogP contribution in [0, 0.1) is 5.82 Å². The monoisotopic (exact) mass is 453 g/mol. The first-order valence-corrected chi connectivity index (χ1v) is 10.9. The first kappa shape index (κ1) is 22.7. The predicted octanol–water partition coefficient (Wildman–Crippen LogP) is 4.21. The molecule has 1 saturated heterocycles. The van der Waals surface area contributed by atoms with Gasteiger partial charge in [0, 0.05) is 42.6 Å². The van der Waals surface area contributed by atoms with Crippen LogP contribution >= 0.6 is 0 Å². The zero-order chi connectivity index (χ0) is 23.9. The average molecular weight is 454 g/mol. The second-order valence-corrected chi connectivity index (χ2v) is 9.43. The number of benzene rings is 1. The minimum Gasteiger partial charge on any atom is -0.444 e. The van der Waals surface area contributed by atoms with Crippen LogP contribution in [0.25, 0.3) is 16.7 Å². The van der Waals surface area contributed by atoms with E-state index in [1.54, 1.807) is 27.8 Å². The number of rotatable bonds is 3. The van der Waals surface area contributed by atoms with Crippen molar-refractivity contribution in [2.45, 2.75) is 52.3 Å². The molecule has 1 aliphatic heterocycles. The Labute approximate surface area is 192 Å². The molecule has 0 N–H and O–H groups in total. The topological polar surface area (TPSA) is 80.6 Å². The number of nitrogens with zero attached hydrogens (tertiary/aromatic N) is 5. The maximum absolute atomic E-state index is 13.8. The molecule has 2 aromatic heterocycles. The number of fused-ring (bicyclic) bond motifs is 1. The van der Waals surface area contributed by atoms with Gasteiger partial charge < -0.3 is 19.1 Å². The fourth-order valence-corrected chi connectivity index (χ4v) is 4.20. The summed E-state index contributed by atoms with van der Waals surface area (Å²) in [6.07, 6.45) is 3.51. The second kappa shape index (κ2) is 8.46. The predicted molar refractivity (Wildman–Crippen MR) is 123 cm³/mol. The van der Waals surface area contributed by atoms with Gasteiger partial charge in [0.05, 0.1) is 5.39 Å². The highest BCUT2D eigenvalue weighted by Gasteiger charge is 2.36. The Hall–Kier alpha value is -3.49. The summed E-state index contributed by atoms with van der Waals surface area (Å²) in [7, 11) is 0. The highest BCUT2D eigenvalue weighted by molar-refractivity contribution is 6.03. The van der Waals surface area contributed by atoms with E-state index in [4.69, 9.17) is 4.74 Å². The Kier molecular flexibility index (Phi) is 5.82. The first-order chi connectivity index (χ1) is 15.6. The van der Waals surface area contributed by atoms with Gasteiger partial charge in [-0.05, 0) is 52.8 Å². The van der Waals surface area contributed by atoms with E-state index in [1.165, 1.54) is 18.5 Å². The normalized spacial score (nSPS) is 19.1. The van der Waals surface area contributed by atoms with Crippen molar-refractivity contribution in [2.75, 3.05) is 18.0 Å². The van der Waals surface area contributed by atoms with E-state index < -0.39 is 5.60 Å². The molecule has 1 aromatic carbocycles. The van der Waals surface area contributed by atoms with Crippen molar-refractivity contribution in [3.63, 3.8) is 0 Å². The number of anilines is 1. The molecule has 1 amide bonds. The number of ether oxygens (including phenoxy) is 1. The molecule has 3 heterocycles. The molecule has 0 unspecified atom stereocenters. The fourth-order valence-electron chi connectivity index (χ4n) is 4.20. The highest BCUT2D eigenvalue weighted by atomic mass is 19.1. The lowest BCUT2D eigenvalue weighted by atomic mass is 10.1. The molecule has 174 valence electrons. The minimum atomic E-state index is -0.575. The Bertz CT molecular complexity index is 1200. The first-order valence-electron chi connectivity index (χ1n) is 10.9. The van der Waals surface area contributed by atoms with Crippen molar-refractivity contribution in [2.24, 2.45) is 0 Å². The lowest BCUT2D eigenvalue weighted by Crippen LogP contribution is -2.59. The molecule has 4 rings (SSSR count). The van der Waals surface area contributed by atoms with Crippen LogP contribution in [0.2, 0.25) is 0 Å². The number of hydrogen-bond acceptors (Lipinski definition) is 6. The zero-order valence-corrected chi connectivity index (χ0v) is 19.4. The molecular formula is C24H28FN5O3. The Morgan fingerprint density at radius 3 is 2.61 bits per heavy atom. The summed E-state index contributed by atoms with van der Waals surface area (Å²) in [5, 5.41) is 0.599. The van der Waals surface area contributed by atoms with E-state index >= 15 is 0 Å². The van der Waals surface area contributed by atoms with E-state index in [9.17, 15) is 14.0 Å². The summed E-state index contributed by atoms with van der Waals surface area (Å²) in [4.78, 5) is 37.4. The number of aldehydes is 1. The molecule has 33 heavy (non-hydrogen) atoms. The molecule has 3 aromatic rings. The molecule has 0 aliphatic carbocycles. The van der Waals surface area contributed by atoms with Crippen LogP contribution < -0.4 is 4.90 Å². The lowest BCUT2D eigenvalue weighted by molar-refractivity contribution is 0.0130.